The Labute approximate surface area is 82.9 Å². The van der Waals surface area contributed by atoms with E-state index in [1.165, 1.54) is 6.07 Å². The summed E-state index contributed by atoms with van der Waals surface area (Å²) in [5, 5.41) is 8.53. The molecular formula is C9H6F3NO2. The van der Waals surface area contributed by atoms with Crippen LogP contribution in [0.15, 0.2) is 24.9 Å². The Morgan fingerprint density at radius 3 is 2.53 bits per heavy atom. The van der Waals surface area contributed by atoms with Gasteiger partial charge in [0.1, 0.15) is 0 Å². The third-order valence-corrected chi connectivity index (χ3v) is 1.66. The number of pyridine rings is 1. The van der Waals surface area contributed by atoms with Gasteiger partial charge in [-0.2, -0.15) is 13.2 Å². The van der Waals surface area contributed by atoms with Crippen molar-refractivity contribution < 1.29 is 23.1 Å². The lowest BCUT2D eigenvalue weighted by Crippen LogP contribution is -2.13. The Balaban J connectivity index is 3.31. The number of alkyl halides is 3. The van der Waals surface area contributed by atoms with Crippen LogP contribution in [-0.4, -0.2) is 16.1 Å². The highest BCUT2D eigenvalue weighted by atomic mass is 19.4. The van der Waals surface area contributed by atoms with Crippen LogP contribution >= 0.6 is 0 Å². The van der Waals surface area contributed by atoms with Gasteiger partial charge in [0.15, 0.2) is 5.69 Å². The van der Waals surface area contributed by atoms with Crippen LogP contribution in [0.25, 0.3) is 5.57 Å². The van der Waals surface area contributed by atoms with Crippen LogP contribution in [0.5, 0.6) is 0 Å². The third-order valence-electron chi connectivity index (χ3n) is 1.66. The molecule has 0 saturated carbocycles. The number of hydrogen-bond acceptors (Lipinski definition) is 2. The van der Waals surface area contributed by atoms with Gasteiger partial charge < -0.3 is 5.11 Å². The Bertz CT molecular complexity index is 412. The fourth-order valence-corrected chi connectivity index (χ4v) is 0.990. The van der Waals surface area contributed by atoms with Crippen LogP contribution in [0.4, 0.5) is 13.2 Å². The summed E-state index contributed by atoms with van der Waals surface area (Å²) in [6.07, 6.45) is -3.74. The highest BCUT2D eigenvalue weighted by Crippen LogP contribution is 2.32. The molecule has 0 fully saturated rings. The zero-order valence-electron chi connectivity index (χ0n) is 7.38. The van der Waals surface area contributed by atoms with E-state index in [4.69, 9.17) is 5.11 Å². The van der Waals surface area contributed by atoms with Crippen LogP contribution in [0.3, 0.4) is 0 Å². The molecule has 15 heavy (non-hydrogen) atoms. The average molecular weight is 217 g/mol. The molecule has 0 amide bonds. The summed E-state index contributed by atoms with van der Waals surface area (Å²) in [7, 11) is 0. The second-order valence-electron chi connectivity index (χ2n) is 2.68. The molecule has 0 saturated heterocycles. The maximum Gasteiger partial charge on any atom is 0.433 e. The second kappa shape index (κ2) is 3.72. The maximum absolute atomic E-state index is 12.4. The third kappa shape index (κ3) is 2.34. The molecule has 0 aromatic carbocycles. The van der Waals surface area contributed by atoms with E-state index in [2.05, 4.69) is 11.6 Å². The molecule has 1 heterocycles. The number of nitrogens with zero attached hydrogens (tertiary/aromatic N) is 1. The van der Waals surface area contributed by atoms with E-state index >= 15 is 0 Å². The predicted octanol–water partition coefficient (Wildman–Crippen LogP) is 2.20. The largest absolute Gasteiger partial charge is 0.478 e. The lowest BCUT2D eigenvalue weighted by molar-refractivity contribution is -0.141. The number of carboxylic acids is 1. The van der Waals surface area contributed by atoms with E-state index in [9.17, 15) is 18.0 Å². The van der Waals surface area contributed by atoms with Gasteiger partial charge in [-0.15, -0.1) is 0 Å². The molecule has 0 spiro atoms. The normalized spacial score (nSPS) is 11.1. The quantitative estimate of drug-likeness (QED) is 0.772. The molecule has 0 bridgehead atoms. The van der Waals surface area contributed by atoms with Gasteiger partial charge in [0, 0.05) is 11.8 Å². The number of carboxylic acid groups (broad SMARTS) is 1. The molecule has 1 aromatic heterocycles. The maximum atomic E-state index is 12.4. The molecule has 3 nitrogen and oxygen atoms in total. The first-order valence-electron chi connectivity index (χ1n) is 3.79. The van der Waals surface area contributed by atoms with E-state index in [1.807, 2.05) is 0 Å². The molecule has 0 radical (unpaired) electrons. The van der Waals surface area contributed by atoms with Crippen LogP contribution < -0.4 is 0 Å². The summed E-state index contributed by atoms with van der Waals surface area (Å²) in [6, 6.07) is 2.24. The van der Waals surface area contributed by atoms with Gasteiger partial charge in [-0.05, 0) is 6.07 Å². The van der Waals surface area contributed by atoms with Crippen molar-refractivity contribution in [3.63, 3.8) is 0 Å². The highest BCUT2D eigenvalue weighted by molar-refractivity contribution is 6.14. The number of carbonyl (C=O) groups is 1. The Kier molecular flexibility index (Phi) is 2.78. The second-order valence-corrected chi connectivity index (χ2v) is 2.68. The average Bonchev–Trinajstić information content (AvgIpc) is 2.15. The van der Waals surface area contributed by atoms with Crippen molar-refractivity contribution in [2.75, 3.05) is 0 Å². The fraction of sp³-hybridized carbons (Fsp3) is 0.111. The van der Waals surface area contributed by atoms with Gasteiger partial charge in [0.25, 0.3) is 0 Å². The van der Waals surface area contributed by atoms with E-state index in [1.54, 1.807) is 0 Å². The molecule has 80 valence electrons. The minimum absolute atomic E-state index is 0.516. The van der Waals surface area contributed by atoms with E-state index < -0.39 is 29.0 Å². The van der Waals surface area contributed by atoms with Gasteiger partial charge in [0.2, 0.25) is 0 Å². The monoisotopic (exact) mass is 217 g/mol. The van der Waals surface area contributed by atoms with Gasteiger partial charge in [-0.1, -0.05) is 12.6 Å². The summed E-state index contributed by atoms with van der Waals surface area (Å²) in [6.45, 7) is 3.06. The molecule has 0 aliphatic heterocycles. The fourth-order valence-electron chi connectivity index (χ4n) is 0.990. The minimum atomic E-state index is -4.69. The number of aliphatic carboxylic acids is 1. The van der Waals surface area contributed by atoms with Crippen LogP contribution in [-0.2, 0) is 11.0 Å². The molecule has 0 unspecified atom stereocenters. The van der Waals surface area contributed by atoms with Gasteiger partial charge in [0.05, 0.1) is 5.57 Å². The zero-order chi connectivity index (χ0) is 11.6. The number of hydrogen-bond donors (Lipinski definition) is 1. The molecule has 1 aromatic rings. The summed E-state index contributed by atoms with van der Waals surface area (Å²) >= 11 is 0. The first kappa shape index (κ1) is 11.2. The predicted molar refractivity (Wildman–Crippen MR) is 45.9 cm³/mol. The van der Waals surface area contributed by atoms with E-state index in [0.29, 0.717) is 0 Å². The summed E-state index contributed by atoms with van der Waals surface area (Å²) in [4.78, 5) is 13.6. The van der Waals surface area contributed by atoms with Crippen molar-refractivity contribution in [1.82, 2.24) is 4.98 Å². The van der Waals surface area contributed by atoms with Crippen molar-refractivity contribution in [2.24, 2.45) is 0 Å². The van der Waals surface area contributed by atoms with Crippen molar-refractivity contribution in [2.45, 2.75) is 6.18 Å². The SMILES string of the molecule is C=C(C(=O)O)c1cccnc1C(F)(F)F. The van der Waals surface area contributed by atoms with Crippen molar-refractivity contribution in [3.8, 4) is 0 Å². The van der Waals surface area contributed by atoms with Gasteiger partial charge >= 0.3 is 12.1 Å². The van der Waals surface area contributed by atoms with Gasteiger partial charge in [-0.25, -0.2) is 4.79 Å². The number of aromatic nitrogens is 1. The van der Waals surface area contributed by atoms with E-state index in [0.717, 1.165) is 12.3 Å². The van der Waals surface area contributed by atoms with Crippen molar-refractivity contribution in [1.29, 1.82) is 0 Å². The summed E-state index contributed by atoms with van der Waals surface area (Å²) in [5.74, 6) is -1.51. The minimum Gasteiger partial charge on any atom is -0.478 e. The standard InChI is InChI=1S/C9H6F3NO2/c1-5(8(14)15)6-3-2-4-13-7(6)9(10,11)12/h2-4H,1H2,(H,14,15). The molecule has 0 aliphatic rings. The van der Waals surface area contributed by atoms with Crippen molar-refractivity contribution >= 4 is 11.5 Å². The summed E-state index contributed by atoms with van der Waals surface area (Å²) < 4.78 is 37.1. The molecule has 0 atom stereocenters. The van der Waals surface area contributed by atoms with E-state index in [-0.39, 0.29) is 0 Å². The lowest BCUT2D eigenvalue weighted by atomic mass is 10.1. The molecule has 1 rings (SSSR count). The zero-order valence-corrected chi connectivity index (χ0v) is 7.38. The number of halogens is 3. The van der Waals surface area contributed by atoms with Crippen LogP contribution in [0.1, 0.15) is 11.3 Å². The Morgan fingerprint density at radius 1 is 1.47 bits per heavy atom. The molecule has 1 N–H and O–H groups in total. The smallest absolute Gasteiger partial charge is 0.433 e. The topological polar surface area (TPSA) is 50.2 Å². The Hall–Kier alpha value is -1.85. The van der Waals surface area contributed by atoms with Crippen LogP contribution in [0.2, 0.25) is 0 Å². The number of rotatable bonds is 2. The first-order chi connectivity index (χ1) is 6.84. The molecule has 6 heteroatoms. The van der Waals surface area contributed by atoms with Crippen LogP contribution in [0, 0.1) is 0 Å². The lowest BCUT2D eigenvalue weighted by Gasteiger charge is -2.10. The Morgan fingerprint density at radius 2 is 2.07 bits per heavy atom. The highest BCUT2D eigenvalue weighted by Gasteiger charge is 2.36. The van der Waals surface area contributed by atoms with Crippen molar-refractivity contribution in [3.05, 3.63) is 36.2 Å². The van der Waals surface area contributed by atoms with Gasteiger partial charge in [-0.3, -0.25) is 4.98 Å². The summed E-state index contributed by atoms with van der Waals surface area (Å²) in [5.41, 5.74) is -2.38. The molecular weight excluding hydrogens is 211 g/mol. The molecule has 0 aliphatic carbocycles. The first-order valence-corrected chi connectivity index (χ1v) is 3.79.